The second-order valence-corrected chi connectivity index (χ2v) is 6.82. The van der Waals surface area contributed by atoms with Gasteiger partial charge in [0, 0.05) is 24.7 Å². The number of aromatic nitrogens is 1. The van der Waals surface area contributed by atoms with Gasteiger partial charge in [0.2, 0.25) is 0 Å². The average Bonchev–Trinajstić information content (AvgIpc) is 2.42. The normalized spacial score (nSPS) is 27.8. The van der Waals surface area contributed by atoms with E-state index in [-0.39, 0.29) is 0 Å². The molecule has 1 aliphatic rings. The summed E-state index contributed by atoms with van der Waals surface area (Å²) in [7, 11) is 0. The van der Waals surface area contributed by atoms with Crippen LogP contribution in [-0.4, -0.2) is 17.1 Å². The van der Waals surface area contributed by atoms with E-state index in [0.717, 1.165) is 6.54 Å². The highest BCUT2D eigenvalue weighted by Gasteiger charge is 2.19. The van der Waals surface area contributed by atoms with Crippen molar-refractivity contribution >= 4 is 0 Å². The summed E-state index contributed by atoms with van der Waals surface area (Å²) in [5.74, 6) is 0. The minimum absolute atomic E-state index is 0.315. The van der Waals surface area contributed by atoms with Crippen molar-refractivity contribution in [2.75, 3.05) is 0 Å². The van der Waals surface area contributed by atoms with Crippen molar-refractivity contribution in [3.8, 4) is 0 Å². The van der Waals surface area contributed by atoms with Gasteiger partial charge in [-0.3, -0.25) is 4.98 Å². The Hall–Kier alpha value is -0.930. The molecule has 2 rings (SSSR count). The molecule has 0 saturated heterocycles. The van der Waals surface area contributed by atoms with Crippen LogP contribution in [0.15, 0.2) is 0 Å². The maximum Gasteiger partial charge on any atom is 0.0606 e. The number of rotatable bonds is 0. The van der Waals surface area contributed by atoms with Crippen LogP contribution in [-0.2, 0) is 6.54 Å². The molecule has 0 aromatic carbocycles. The number of fused-ring (bicyclic) bond motifs is 2. The van der Waals surface area contributed by atoms with E-state index in [1.54, 1.807) is 0 Å². The Labute approximate surface area is 129 Å². The van der Waals surface area contributed by atoms with Crippen molar-refractivity contribution in [2.24, 2.45) is 0 Å². The van der Waals surface area contributed by atoms with Crippen molar-refractivity contribution in [1.82, 2.24) is 15.6 Å². The first-order chi connectivity index (χ1) is 9.90. The van der Waals surface area contributed by atoms with Gasteiger partial charge in [0.05, 0.1) is 11.4 Å². The minimum atomic E-state index is 0.315. The molecule has 0 amide bonds. The molecule has 2 heterocycles. The standard InChI is InChI=1S/C18H31N3/c1-11-8-7-9-12(2)20-16(6)18-15(5)13(3)14(4)17(21-18)10-19-11/h11-12,16,19-20H,7-10H2,1-6H3. The number of hydrogen-bond acceptors (Lipinski definition) is 3. The van der Waals surface area contributed by atoms with Gasteiger partial charge in [-0.25, -0.2) is 0 Å². The van der Waals surface area contributed by atoms with E-state index in [1.165, 1.54) is 47.3 Å². The topological polar surface area (TPSA) is 37.0 Å². The Balaban J connectivity index is 2.40. The SMILES string of the molecule is Cc1c2nc(c(C)c1C)C(C)NC(C)CCCC(C)NC2. The van der Waals surface area contributed by atoms with Gasteiger partial charge < -0.3 is 10.6 Å². The molecule has 21 heavy (non-hydrogen) atoms. The molecule has 3 nitrogen and oxygen atoms in total. The maximum absolute atomic E-state index is 4.99. The Morgan fingerprint density at radius 1 is 0.905 bits per heavy atom. The van der Waals surface area contributed by atoms with Crippen LogP contribution >= 0.6 is 0 Å². The molecule has 2 bridgehead atoms. The molecule has 0 fully saturated rings. The summed E-state index contributed by atoms with van der Waals surface area (Å²) in [6.45, 7) is 14.3. The highest BCUT2D eigenvalue weighted by molar-refractivity contribution is 5.39. The minimum Gasteiger partial charge on any atom is -0.309 e. The fourth-order valence-corrected chi connectivity index (χ4v) is 3.29. The van der Waals surface area contributed by atoms with Crippen LogP contribution in [0.1, 0.15) is 74.2 Å². The first-order valence-electron chi connectivity index (χ1n) is 8.36. The van der Waals surface area contributed by atoms with Crippen molar-refractivity contribution in [1.29, 1.82) is 0 Å². The van der Waals surface area contributed by atoms with Crippen molar-refractivity contribution < 1.29 is 0 Å². The van der Waals surface area contributed by atoms with Gasteiger partial charge >= 0.3 is 0 Å². The van der Waals surface area contributed by atoms with Gasteiger partial charge in [-0.1, -0.05) is 6.42 Å². The summed E-state index contributed by atoms with van der Waals surface area (Å²) >= 11 is 0. The first-order valence-corrected chi connectivity index (χ1v) is 8.36. The van der Waals surface area contributed by atoms with Crippen molar-refractivity contribution in [3.05, 3.63) is 28.1 Å². The second-order valence-electron chi connectivity index (χ2n) is 6.82. The third-order valence-corrected chi connectivity index (χ3v) is 5.03. The van der Waals surface area contributed by atoms with Crippen molar-refractivity contribution in [2.45, 2.75) is 85.5 Å². The molecule has 3 atom stereocenters. The highest BCUT2D eigenvalue weighted by Crippen LogP contribution is 2.24. The average molecular weight is 289 g/mol. The Morgan fingerprint density at radius 2 is 1.57 bits per heavy atom. The quantitative estimate of drug-likeness (QED) is 0.764. The lowest BCUT2D eigenvalue weighted by Gasteiger charge is -2.26. The van der Waals surface area contributed by atoms with Crippen LogP contribution in [0.5, 0.6) is 0 Å². The van der Waals surface area contributed by atoms with Gasteiger partial charge in [-0.15, -0.1) is 0 Å². The molecule has 0 saturated carbocycles. The predicted molar refractivity (Wildman–Crippen MR) is 89.6 cm³/mol. The molecule has 0 spiro atoms. The largest absolute Gasteiger partial charge is 0.309 e. The van der Waals surface area contributed by atoms with E-state index in [4.69, 9.17) is 4.98 Å². The first kappa shape index (κ1) is 16.4. The highest BCUT2D eigenvalue weighted by atomic mass is 15.0. The molecule has 3 unspecified atom stereocenters. The fourth-order valence-electron chi connectivity index (χ4n) is 3.29. The monoisotopic (exact) mass is 289 g/mol. The van der Waals surface area contributed by atoms with Crippen LogP contribution < -0.4 is 10.6 Å². The van der Waals surface area contributed by atoms with Crippen molar-refractivity contribution in [3.63, 3.8) is 0 Å². The third-order valence-electron chi connectivity index (χ3n) is 5.03. The van der Waals surface area contributed by atoms with Gasteiger partial charge in [-0.05, 0) is 71.1 Å². The van der Waals surface area contributed by atoms with E-state index in [9.17, 15) is 0 Å². The summed E-state index contributed by atoms with van der Waals surface area (Å²) in [4.78, 5) is 4.99. The van der Waals surface area contributed by atoms with Crippen LogP contribution in [0.4, 0.5) is 0 Å². The molecule has 0 aliphatic carbocycles. The van der Waals surface area contributed by atoms with Crippen LogP contribution in [0.2, 0.25) is 0 Å². The predicted octanol–water partition coefficient (Wildman–Crippen LogP) is 3.71. The van der Waals surface area contributed by atoms with E-state index in [1.807, 2.05) is 0 Å². The van der Waals surface area contributed by atoms with Gasteiger partial charge in [-0.2, -0.15) is 0 Å². The van der Waals surface area contributed by atoms with Gasteiger partial charge in [0.25, 0.3) is 0 Å². The van der Waals surface area contributed by atoms with E-state index in [0.29, 0.717) is 18.1 Å². The molecule has 1 aliphatic heterocycles. The lowest BCUT2D eigenvalue weighted by molar-refractivity contribution is 0.406. The Kier molecular flexibility index (Phi) is 5.39. The van der Waals surface area contributed by atoms with Crippen LogP contribution in [0.3, 0.4) is 0 Å². The molecule has 1 aromatic rings. The lowest BCUT2D eigenvalue weighted by atomic mass is 9.97. The molecular weight excluding hydrogens is 258 g/mol. The molecule has 0 radical (unpaired) electrons. The zero-order chi connectivity index (χ0) is 15.6. The van der Waals surface area contributed by atoms with Gasteiger partial charge in [0.1, 0.15) is 0 Å². The van der Waals surface area contributed by atoms with Gasteiger partial charge in [0.15, 0.2) is 0 Å². The van der Waals surface area contributed by atoms with Crippen LogP contribution in [0, 0.1) is 20.8 Å². The number of pyridine rings is 1. The smallest absolute Gasteiger partial charge is 0.0606 e. The summed E-state index contributed by atoms with van der Waals surface area (Å²) < 4.78 is 0. The molecule has 2 N–H and O–H groups in total. The molecule has 118 valence electrons. The number of nitrogens with one attached hydrogen (secondary N) is 2. The summed E-state index contributed by atoms with van der Waals surface area (Å²) in [5.41, 5.74) is 6.50. The zero-order valence-corrected chi connectivity index (χ0v) is 14.5. The summed E-state index contributed by atoms with van der Waals surface area (Å²) in [6.07, 6.45) is 3.73. The van der Waals surface area contributed by atoms with E-state index >= 15 is 0 Å². The number of hydrogen-bond donors (Lipinski definition) is 2. The maximum atomic E-state index is 4.99. The lowest BCUT2D eigenvalue weighted by Crippen LogP contribution is -2.33. The molecular formula is C18H31N3. The zero-order valence-electron chi connectivity index (χ0n) is 14.5. The van der Waals surface area contributed by atoms with E-state index < -0.39 is 0 Å². The van der Waals surface area contributed by atoms with Crippen LogP contribution in [0.25, 0.3) is 0 Å². The third kappa shape index (κ3) is 3.83. The molecule has 1 aromatic heterocycles. The second kappa shape index (κ2) is 6.89. The summed E-state index contributed by atoms with van der Waals surface area (Å²) in [5, 5.41) is 7.37. The summed E-state index contributed by atoms with van der Waals surface area (Å²) in [6, 6.07) is 1.41. The fraction of sp³-hybridized carbons (Fsp3) is 0.722. The number of nitrogens with zero attached hydrogens (tertiary/aromatic N) is 1. The van der Waals surface area contributed by atoms with E-state index in [2.05, 4.69) is 52.2 Å². The Bertz CT molecular complexity index is 496. The molecule has 3 heteroatoms. The Morgan fingerprint density at radius 3 is 2.29 bits per heavy atom.